The van der Waals surface area contributed by atoms with Crippen molar-refractivity contribution in [1.29, 1.82) is 0 Å². The molecule has 0 amide bonds. The van der Waals surface area contributed by atoms with Gasteiger partial charge in [0, 0.05) is 18.2 Å². The summed E-state index contributed by atoms with van der Waals surface area (Å²) < 4.78 is 55.8. The molecular formula is C77H96O17. The number of carbonyl (C=O) groups excluding carboxylic acids is 7. The summed E-state index contributed by atoms with van der Waals surface area (Å²) in [7, 11) is 0. The Labute approximate surface area is 555 Å². The summed E-state index contributed by atoms with van der Waals surface area (Å²) in [6, 6.07) is 30.4. The van der Waals surface area contributed by atoms with Crippen molar-refractivity contribution in [2.75, 3.05) is 39.6 Å². The van der Waals surface area contributed by atoms with E-state index in [0.29, 0.717) is 68.0 Å². The van der Waals surface area contributed by atoms with Crippen molar-refractivity contribution in [2.24, 2.45) is 0 Å². The van der Waals surface area contributed by atoms with Crippen LogP contribution in [0.15, 0.2) is 153 Å². The van der Waals surface area contributed by atoms with Gasteiger partial charge in [-0.15, -0.1) is 0 Å². The van der Waals surface area contributed by atoms with Crippen molar-refractivity contribution < 1.29 is 80.9 Å². The molecule has 0 N–H and O–H groups in total. The maximum absolute atomic E-state index is 14.0. The second kappa shape index (κ2) is 47.0. The predicted octanol–water partition coefficient (Wildman–Crippen LogP) is 17.6. The van der Waals surface area contributed by atoms with E-state index in [4.69, 9.17) is 47.4 Å². The first-order valence-electron chi connectivity index (χ1n) is 33.6. The molecule has 0 heterocycles. The van der Waals surface area contributed by atoms with Crippen LogP contribution in [0.2, 0.25) is 0 Å². The van der Waals surface area contributed by atoms with Crippen LogP contribution in [0.3, 0.4) is 0 Å². The minimum atomic E-state index is -0.867. The first-order chi connectivity index (χ1) is 45.9. The second-order valence-corrected chi connectivity index (χ2v) is 22.8. The molecule has 0 aromatic heterocycles. The van der Waals surface area contributed by atoms with Gasteiger partial charge >= 0.3 is 41.8 Å². The Bertz CT molecular complexity index is 3060. The van der Waals surface area contributed by atoms with Crippen molar-refractivity contribution >= 4 is 41.8 Å². The lowest BCUT2D eigenvalue weighted by Gasteiger charge is -2.13. The molecule has 0 bridgehead atoms. The number of hydrogen-bond donors (Lipinski definition) is 0. The Morgan fingerprint density at radius 2 is 0.553 bits per heavy atom. The van der Waals surface area contributed by atoms with Crippen molar-refractivity contribution in [3.8, 4) is 34.5 Å². The molecule has 5 aromatic carbocycles. The highest BCUT2D eigenvalue weighted by Gasteiger charge is 2.22. The number of esters is 7. The Hall–Kier alpha value is -8.99. The van der Waals surface area contributed by atoms with Gasteiger partial charge in [-0.3, -0.25) is 0 Å². The molecule has 0 spiro atoms. The Kier molecular flexibility index (Phi) is 37.8. The van der Waals surface area contributed by atoms with E-state index in [-0.39, 0.29) is 58.5 Å². The van der Waals surface area contributed by atoms with Gasteiger partial charge in [-0.2, -0.15) is 0 Å². The molecule has 0 aliphatic carbocycles. The highest BCUT2D eigenvalue weighted by atomic mass is 16.6. The van der Waals surface area contributed by atoms with Crippen molar-refractivity contribution in [1.82, 2.24) is 0 Å². The molecular weight excluding hydrogens is 1200 g/mol. The quantitative estimate of drug-likeness (QED) is 0.0116. The van der Waals surface area contributed by atoms with Gasteiger partial charge in [0.25, 0.3) is 0 Å². The van der Waals surface area contributed by atoms with Crippen LogP contribution in [-0.4, -0.2) is 81.4 Å². The number of rotatable bonds is 51. The normalized spacial score (nSPS) is 10.7. The lowest BCUT2D eigenvalue weighted by Crippen LogP contribution is -2.14. The molecule has 0 unspecified atom stereocenters. The third-order valence-corrected chi connectivity index (χ3v) is 15.3. The zero-order valence-electron chi connectivity index (χ0n) is 54.8. The van der Waals surface area contributed by atoms with Gasteiger partial charge in [0.05, 0.1) is 56.3 Å². The lowest BCUT2D eigenvalue weighted by atomic mass is 10.1. The van der Waals surface area contributed by atoms with Gasteiger partial charge in [-0.25, -0.2) is 33.6 Å². The number of ether oxygens (including phenoxy) is 10. The van der Waals surface area contributed by atoms with E-state index in [0.717, 1.165) is 161 Å². The van der Waals surface area contributed by atoms with E-state index in [1.807, 2.05) is 0 Å². The molecule has 5 aromatic rings. The molecule has 0 aliphatic heterocycles. The molecule has 0 atom stereocenters. The number of benzene rings is 5. The Morgan fingerprint density at radius 3 is 0.883 bits per heavy atom. The van der Waals surface area contributed by atoms with Crippen LogP contribution in [0.4, 0.5) is 0 Å². The number of unbranched alkanes of at least 4 members (excludes halogenated alkanes) is 24. The Morgan fingerprint density at radius 1 is 0.277 bits per heavy atom. The first-order valence-corrected chi connectivity index (χ1v) is 33.6. The topological polar surface area (TPSA) is 212 Å². The van der Waals surface area contributed by atoms with E-state index < -0.39 is 23.9 Å². The van der Waals surface area contributed by atoms with Gasteiger partial charge < -0.3 is 47.4 Å². The van der Waals surface area contributed by atoms with Crippen molar-refractivity contribution in [2.45, 2.75) is 180 Å². The Balaban J connectivity index is 1.08. The molecule has 94 heavy (non-hydrogen) atoms. The van der Waals surface area contributed by atoms with E-state index in [9.17, 15) is 33.6 Å². The fourth-order valence-electron chi connectivity index (χ4n) is 9.84. The maximum Gasteiger partial charge on any atom is 0.343 e. The van der Waals surface area contributed by atoms with E-state index in [1.165, 1.54) is 49.3 Å². The summed E-state index contributed by atoms with van der Waals surface area (Å²) in [6.45, 7) is 12.9. The van der Waals surface area contributed by atoms with E-state index in [1.54, 1.807) is 97.1 Å². The molecule has 506 valence electrons. The monoisotopic (exact) mass is 1290 g/mol. The summed E-state index contributed by atoms with van der Waals surface area (Å²) in [4.78, 5) is 87.5. The molecule has 0 saturated carbocycles. The fraction of sp³-hybridized carbons (Fsp3) is 0.442. The second-order valence-electron chi connectivity index (χ2n) is 22.8. The summed E-state index contributed by atoms with van der Waals surface area (Å²) in [5, 5.41) is 0. The average molecular weight is 1290 g/mol. The maximum atomic E-state index is 14.0. The van der Waals surface area contributed by atoms with Gasteiger partial charge in [0.15, 0.2) is 0 Å². The largest absolute Gasteiger partial charge is 0.494 e. The van der Waals surface area contributed by atoms with Crippen LogP contribution >= 0.6 is 0 Å². The zero-order valence-corrected chi connectivity index (χ0v) is 54.8. The van der Waals surface area contributed by atoms with Crippen LogP contribution in [0, 0.1) is 0 Å². The first kappa shape index (κ1) is 75.7. The van der Waals surface area contributed by atoms with Crippen molar-refractivity contribution in [3.05, 3.63) is 181 Å². The summed E-state index contributed by atoms with van der Waals surface area (Å²) >= 11 is 0. The minimum absolute atomic E-state index is 0.000484. The van der Waals surface area contributed by atoms with Gasteiger partial charge in [0.1, 0.15) is 46.7 Å². The van der Waals surface area contributed by atoms with Crippen LogP contribution < -0.4 is 28.4 Å². The zero-order chi connectivity index (χ0) is 67.1. The summed E-state index contributed by atoms with van der Waals surface area (Å²) in [6.07, 6.45) is 32.2. The molecule has 17 heteroatoms. The SMILES string of the molecule is C=CC(=O)OCCCCCCCCCCCOc1ccc(C(=O)Oc2ccc(COC(=O)c3cc(OC(=O)c4ccc(OCCCCCCCCCCCOC(=O)C=C)cc4)ccc3OC(=O)c3ccc(OCCCCCCCCCCCOC(=O)C=C)cc3)cc2)cc1. The van der Waals surface area contributed by atoms with E-state index in [2.05, 4.69) is 19.7 Å². The van der Waals surface area contributed by atoms with Crippen LogP contribution in [0.5, 0.6) is 34.5 Å². The summed E-state index contributed by atoms with van der Waals surface area (Å²) in [5.41, 5.74) is 1.18. The molecule has 0 radical (unpaired) electrons. The number of hydrogen-bond acceptors (Lipinski definition) is 17. The van der Waals surface area contributed by atoms with Crippen LogP contribution in [0.1, 0.15) is 220 Å². The van der Waals surface area contributed by atoms with Gasteiger partial charge in [0.2, 0.25) is 0 Å². The number of carbonyl (C=O) groups is 7. The fourth-order valence-corrected chi connectivity index (χ4v) is 9.84. The molecule has 0 fully saturated rings. The highest BCUT2D eigenvalue weighted by molar-refractivity contribution is 5.97. The molecule has 0 saturated heterocycles. The minimum Gasteiger partial charge on any atom is -0.494 e. The van der Waals surface area contributed by atoms with Gasteiger partial charge in [-0.1, -0.05) is 167 Å². The average Bonchev–Trinajstić information content (AvgIpc) is 1.07. The van der Waals surface area contributed by atoms with Gasteiger partial charge in [-0.05, 0) is 147 Å². The summed E-state index contributed by atoms with van der Waals surface area (Å²) in [5.74, 6) is -1.99. The van der Waals surface area contributed by atoms with Crippen molar-refractivity contribution in [3.63, 3.8) is 0 Å². The third-order valence-electron chi connectivity index (χ3n) is 15.3. The third kappa shape index (κ3) is 32.5. The van der Waals surface area contributed by atoms with Crippen LogP contribution in [0.25, 0.3) is 0 Å². The molecule has 5 rings (SSSR count). The molecule has 17 nitrogen and oxygen atoms in total. The lowest BCUT2D eigenvalue weighted by molar-refractivity contribution is -0.138. The van der Waals surface area contributed by atoms with Crippen LogP contribution in [-0.2, 0) is 39.9 Å². The predicted molar refractivity (Wildman–Crippen MR) is 361 cm³/mol. The highest BCUT2D eigenvalue weighted by Crippen LogP contribution is 2.29. The standard InChI is InChI=1S/C77H96O17/c1-4-71(78)88-55-31-25-19-13-7-10-16-22-28-52-85-64-44-36-61(37-45-64)74(81)92-67-42-34-60(35-43-67)59-91-77(84)69-58-68(93-75(82)62-38-46-65(47-39-62)86-53-29-23-17-11-8-14-20-26-32-56-89-72(79)5-2)50-51-70(69)94-76(83)63-40-48-66(49-41-63)87-54-30-24-18-12-9-15-21-27-33-57-90-73(80)6-3/h4-6,34-51,58H,1-3,7-33,52-57,59H2. The molecule has 0 aliphatic rings. The smallest absolute Gasteiger partial charge is 0.343 e. The van der Waals surface area contributed by atoms with E-state index >= 15 is 0 Å².